The third-order valence-corrected chi connectivity index (χ3v) is 3.68. The number of anilines is 1. The number of methoxy groups -OCH3 is 1. The molecule has 0 aliphatic rings. The molecule has 0 saturated carbocycles. The lowest BCUT2D eigenvalue weighted by atomic mass is 10.0. The van der Waals surface area contributed by atoms with Gasteiger partial charge in [-0.2, -0.15) is 5.10 Å². The largest absolute Gasteiger partial charge is 0.496 e. The number of aromatic nitrogens is 2. The minimum Gasteiger partial charge on any atom is -0.496 e. The topological polar surface area (TPSA) is 49.9 Å². The lowest BCUT2D eigenvalue weighted by Gasteiger charge is -2.19. The molecule has 0 aliphatic heterocycles. The molecule has 3 aromatic rings. The standard InChI is InChI=1S/C17H19N3O/c1-11-4-7-17(21-3)15(8-11)12(2)19-14-5-6-16-13(9-14)10-18-20-16/h4-10,12,19H,1-3H3,(H,18,20). The van der Waals surface area contributed by atoms with Crippen LogP contribution >= 0.6 is 0 Å². The van der Waals surface area contributed by atoms with Crippen LogP contribution in [0.4, 0.5) is 5.69 Å². The molecule has 1 atom stereocenters. The van der Waals surface area contributed by atoms with E-state index in [-0.39, 0.29) is 6.04 Å². The smallest absolute Gasteiger partial charge is 0.124 e. The number of hydrogen-bond acceptors (Lipinski definition) is 3. The summed E-state index contributed by atoms with van der Waals surface area (Å²) in [6, 6.07) is 12.6. The van der Waals surface area contributed by atoms with Crippen LogP contribution in [-0.4, -0.2) is 17.3 Å². The third kappa shape index (κ3) is 2.70. The molecule has 1 heterocycles. The number of benzene rings is 2. The summed E-state index contributed by atoms with van der Waals surface area (Å²) in [6.07, 6.45) is 1.83. The highest BCUT2D eigenvalue weighted by Gasteiger charge is 2.12. The number of aromatic amines is 1. The maximum atomic E-state index is 5.46. The fourth-order valence-electron chi connectivity index (χ4n) is 2.55. The van der Waals surface area contributed by atoms with Gasteiger partial charge in [-0.3, -0.25) is 5.10 Å². The van der Waals surface area contributed by atoms with E-state index in [2.05, 4.69) is 53.6 Å². The van der Waals surface area contributed by atoms with Crippen LogP contribution in [0.2, 0.25) is 0 Å². The van der Waals surface area contributed by atoms with Gasteiger partial charge in [0, 0.05) is 16.6 Å². The summed E-state index contributed by atoms with van der Waals surface area (Å²) in [5.41, 5.74) is 4.50. The van der Waals surface area contributed by atoms with E-state index in [0.717, 1.165) is 27.9 Å². The molecule has 108 valence electrons. The van der Waals surface area contributed by atoms with Gasteiger partial charge < -0.3 is 10.1 Å². The third-order valence-electron chi connectivity index (χ3n) is 3.68. The molecule has 0 radical (unpaired) electrons. The van der Waals surface area contributed by atoms with Crippen molar-refractivity contribution in [2.24, 2.45) is 0 Å². The minimum absolute atomic E-state index is 0.157. The van der Waals surface area contributed by atoms with Crippen LogP contribution in [0.1, 0.15) is 24.1 Å². The molecule has 0 spiro atoms. The Bertz CT molecular complexity index is 764. The molecule has 4 heteroatoms. The van der Waals surface area contributed by atoms with Crippen LogP contribution in [0, 0.1) is 6.92 Å². The summed E-state index contributed by atoms with van der Waals surface area (Å²) in [7, 11) is 1.71. The molecule has 0 aliphatic carbocycles. The first-order chi connectivity index (χ1) is 10.2. The molecule has 0 saturated heterocycles. The van der Waals surface area contributed by atoms with E-state index in [1.165, 1.54) is 5.56 Å². The molecule has 3 rings (SSSR count). The molecule has 2 N–H and O–H groups in total. The van der Waals surface area contributed by atoms with Gasteiger partial charge in [0.25, 0.3) is 0 Å². The van der Waals surface area contributed by atoms with Crippen molar-refractivity contribution in [2.75, 3.05) is 12.4 Å². The van der Waals surface area contributed by atoms with E-state index in [4.69, 9.17) is 4.74 Å². The first-order valence-electron chi connectivity index (χ1n) is 7.01. The number of aryl methyl sites for hydroxylation is 1. The van der Waals surface area contributed by atoms with E-state index in [1.807, 2.05) is 18.3 Å². The van der Waals surface area contributed by atoms with E-state index in [0.29, 0.717) is 0 Å². The van der Waals surface area contributed by atoms with Crippen molar-refractivity contribution in [3.63, 3.8) is 0 Å². The zero-order valence-corrected chi connectivity index (χ0v) is 12.5. The van der Waals surface area contributed by atoms with Crippen molar-refractivity contribution in [1.82, 2.24) is 10.2 Å². The maximum Gasteiger partial charge on any atom is 0.124 e. The molecule has 4 nitrogen and oxygen atoms in total. The second-order valence-electron chi connectivity index (χ2n) is 5.28. The van der Waals surface area contributed by atoms with Gasteiger partial charge in [-0.25, -0.2) is 0 Å². The van der Waals surface area contributed by atoms with Crippen molar-refractivity contribution in [3.05, 3.63) is 53.7 Å². The average molecular weight is 281 g/mol. The first kappa shape index (κ1) is 13.5. The SMILES string of the molecule is COc1ccc(C)cc1C(C)Nc1ccc2[nH]ncc2c1. The van der Waals surface area contributed by atoms with Gasteiger partial charge in [-0.05, 0) is 38.1 Å². The van der Waals surface area contributed by atoms with E-state index < -0.39 is 0 Å². The zero-order chi connectivity index (χ0) is 14.8. The van der Waals surface area contributed by atoms with Crippen LogP contribution in [-0.2, 0) is 0 Å². The van der Waals surface area contributed by atoms with Gasteiger partial charge in [0.1, 0.15) is 5.75 Å². The fraction of sp³-hybridized carbons (Fsp3) is 0.235. The Morgan fingerprint density at radius 2 is 2.05 bits per heavy atom. The summed E-state index contributed by atoms with van der Waals surface area (Å²) in [5.74, 6) is 0.907. The summed E-state index contributed by atoms with van der Waals surface area (Å²) in [4.78, 5) is 0. The second kappa shape index (κ2) is 5.48. The monoisotopic (exact) mass is 281 g/mol. The van der Waals surface area contributed by atoms with E-state index in [1.54, 1.807) is 7.11 Å². The van der Waals surface area contributed by atoms with Crippen molar-refractivity contribution < 1.29 is 4.74 Å². The summed E-state index contributed by atoms with van der Waals surface area (Å²) in [5, 5.41) is 11.6. The molecule has 1 unspecified atom stereocenters. The quantitative estimate of drug-likeness (QED) is 0.758. The molecule has 21 heavy (non-hydrogen) atoms. The molecular weight excluding hydrogens is 262 g/mol. The number of H-pyrrole nitrogens is 1. The normalized spacial score (nSPS) is 12.3. The van der Waals surface area contributed by atoms with Crippen LogP contribution in [0.25, 0.3) is 10.9 Å². The Labute approximate surface area is 124 Å². The van der Waals surface area contributed by atoms with Crippen molar-refractivity contribution in [3.8, 4) is 5.75 Å². The molecular formula is C17H19N3O. The molecule has 0 amide bonds. The predicted molar refractivity (Wildman–Crippen MR) is 85.9 cm³/mol. The highest BCUT2D eigenvalue weighted by Crippen LogP contribution is 2.29. The van der Waals surface area contributed by atoms with Crippen molar-refractivity contribution in [1.29, 1.82) is 0 Å². The van der Waals surface area contributed by atoms with Gasteiger partial charge in [0.15, 0.2) is 0 Å². The van der Waals surface area contributed by atoms with Crippen LogP contribution < -0.4 is 10.1 Å². The lowest BCUT2D eigenvalue weighted by molar-refractivity contribution is 0.408. The lowest BCUT2D eigenvalue weighted by Crippen LogP contribution is -2.08. The number of nitrogens with zero attached hydrogens (tertiary/aromatic N) is 1. The van der Waals surface area contributed by atoms with Gasteiger partial charge in [0.05, 0.1) is 24.9 Å². The number of fused-ring (bicyclic) bond motifs is 1. The van der Waals surface area contributed by atoms with Crippen LogP contribution in [0.3, 0.4) is 0 Å². The molecule has 0 fully saturated rings. The summed E-state index contributed by atoms with van der Waals surface area (Å²) < 4.78 is 5.46. The average Bonchev–Trinajstić information content (AvgIpc) is 2.94. The van der Waals surface area contributed by atoms with Gasteiger partial charge in [-0.15, -0.1) is 0 Å². The Hall–Kier alpha value is -2.49. The van der Waals surface area contributed by atoms with Crippen molar-refractivity contribution in [2.45, 2.75) is 19.9 Å². The fourth-order valence-corrected chi connectivity index (χ4v) is 2.55. The Kier molecular flexibility index (Phi) is 3.52. The van der Waals surface area contributed by atoms with Crippen molar-refractivity contribution >= 4 is 16.6 Å². The first-order valence-corrected chi connectivity index (χ1v) is 7.01. The number of ether oxygens (including phenoxy) is 1. The highest BCUT2D eigenvalue weighted by molar-refractivity contribution is 5.81. The van der Waals surface area contributed by atoms with Gasteiger partial charge in [-0.1, -0.05) is 17.7 Å². The van der Waals surface area contributed by atoms with Crippen LogP contribution in [0.15, 0.2) is 42.6 Å². The van der Waals surface area contributed by atoms with E-state index >= 15 is 0 Å². The van der Waals surface area contributed by atoms with Gasteiger partial charge in [0.2, 0.25) is 0 Å². The van der Waals surface area contributed by atoms with Gasteiger partial charge >= 0.3 is 0 Å². The number of hydrogen-bond donors (Lipinski definition) is 2. The zero-order valence-electron chi connectivity index (χ0n) is 12.5. The van der Waals surface area contributed by atoms with Crippen LogP contribution in [0.5, 0.6) is 5.75 Å². The Morgan fingerprint density at radius 1 is 1.19 bits per heavy atom. The number of nitrogens with one attached hydrogen (secondary N) is 2. The summed E-state index contributed by atoms with van der Waals surface area (Å²) in [6.45, 7) is 4.23. The highest BCUT2D eigenvalue weighted by atomic mass is 16.5. The minimum atomic E-state index is 0.157. The number of rotatable bonds is 4. The maximum absolute atomic E-state index is 5.46. The summed E-state index contributed by atoms with van der Waals surface area (Å²) >= 11 is 0. The second-order valence-corrected chi connectivity index (χ2v) is 5.28. The Morgan fingerprint density at radius 3 is 2.86 bits per heavy atom. The van der Waals surface area contributed by atoms with E-state index in [9.17, 15) is 0 Å². The molecule has 1 aromatic heterocycles. The molecule has 0 bridgehead atoms. The predicted octanol–water partition coefficient (Wildman–Crippen LogP) is 4.05. The Balaban J connectivity index is 1.88. The molecule has 2 aromatic carbocycles.